The minimum Gasteiger partial charge on any atom is -0.394 e. The standard InChI is InChI=1S/C22H25N7O4S/c1-14(12-30)29-13-24-27-21(29)18-3-2-4-20(25-18)26-22(31)19-9-16-11-28(8-7-15(16)10-23-19)34(32,33)17-5-6-17/h2-4,9-10,13-14,17,30H,5-8,11-12H2,1H3,(H,25,26,31)/t14-/m1/s1. The van der Waals surface area contributed by atoms with Gasteiger partial charge < -0.3 is 15.0 Å². The molecule has 178 valence electrons. The summed E-state index contributed by atoms with van der Waals surface area (Å²) >= 11 is 0. The maximum Gasteiger partial charge on any atom is 0.275 e. The van der Waals surface area contributed by atoms with Crippen LogP contribution in [0.4, 0.5) is 5.82 Å². The molecule has 3 aromatic heterocycles. The molecule has 1 aliphatic heterocycles. The van der Waals surface area contributed by atoms with Crippen molar-refractivity contribution in [3.63, 3.8) is 0 Å². The summed E-state index contributed by atoms with van der Waals surface area (Å²) in [4.78, 5) is 21.6. The molecule has 34 heavy (non-hydrogen) atoms. The van der Waals surface area contributed by atoms with E-state index in [2.05, 4.69) is 25.5 Å². The van der Waals surface area contributed by atoms with Crippen LogP contribution in [0.3, 0.4) is 0 Å². The van der Waals surface area contributed by atoms with Gasteiger partial charge in [0, 0.05) is 19.3 Å². The number of rotatable bonds is 7. The second kappa shape index (κ2) is 8.85. The number of nitrogens with one attached hydrogen (secondary N) is 1. The number of sulfonamides is 1. The van der Waals surface area contributed by atoms with E-state index in [-0.39, 0.29) is 30.1 Å². The molecule has 1 atom stereocenters. The molecule has 0 bridgehead atoms. The van der Waals surface area contributed by atoms with Crippen molar-refractivity contribution < 1.29 is 18.3 Å². The van der Waals surface area contributed by atoms with Gasteiger partial charge in [-0.05, 0) is 55.5 Å². The van der Waals surface area contributed by atoms with Crippen LogP contribution in [-0.2, 0) is 23.0 Å². The van der Waals surface area contributed by atoms with Gasteiger partial charge in [0.15, 0.2) is 5.82 Å². The predicted octanol–water partition coefficient (Wildman–Crippen LogP) is 1.39. The SMILES string of the molecule is C[C@H](CO)n1cnnc1-c1cccc(NC(=O)c2cc3c(cn2)CCN(S(=O)(=O)C2CC2)C3)n1. The van der Waals surface area contributed by atoms with E-state index in [0.717, 1.165) is 24.0 Å². The molecule has 3 aromatic rings. The third-order valence-corrected chi connectivity index (χ3v) is 8.48. The van der Waals surface area contributed by atoms with Crippen LogP contribution in [0.15, 0.2) is 36.8 Å². The highest BCUT2D eigenvalue weighted by molar-refractivity contribution is 7.90. The molecule has 2 N–H and O–H groups in total. The monoisotopic (exact) mass is 483 g/mol. The minimum atomic E-state index is -3.28. The third kappa shape index (κ3) is 4.31. The van der Waals surface area contributed by atoms with Gasteiger partial charge in [-0.3, -0.25) is 9.78 Å². The lowest BCUT2D eigenvalue weighted by atomic mass is 10.0. The molecule has 1 amide bonds. The number of anilines is 1. The zero-order chi connectivity index (χ0) is 23.9. The number of amides is 1. The summed E-state index contributed by atoms with van der Waals surface area (Å²) in [6, 6.07) is 6.56. The largest absolute Gasteiger partial charge is 0.394 e. The highest BCUT2D eigenvalue weighted by Gasteiger charge is 2.41. The van der Waals surface area contributed by atoms with Crippen molar-refractivity contribution in [2.24, 2.45) is 0 Å². The number of fused-ring (bicyclic) bond motifs is 1. The van der Waals surface area contributed by atoms with E-state index < -0.39 is 15.9 Å². The van der Waals surface area contributed by atoms with Gasteiger partial charge in [0.2, 0.25) is 10.0 Å². The van der Waals surface area contributed by atoms with E-state index >= 15 is 0 Å². The van der Waals surface area contributed by atoms with Crippen LogP contribution >= 0.6 is 0 Å². The third-order valence-electron chi connectivity index (χ3n) is 6.13. The molecule has 5 rings (SSSR count). The van der Waals surface area contributed by atoms with E-state index in [1.54, 1.807) is 35.0 Å². The van der Waals surface area contributed by atoms with Crippen LogP contribution in [-0.4, -0.2) is 66.9 Å². The fourth-order valence-electron chi connectivity index (χ4n) is 3.98. The fourth-order valence-corrected chi connectivity index (χ4v) is 5.79. The first-order valence-electron chi connectivity index (χ1n) is 11.1. The van der Waals surface area contributed by atoms with Gasteiger partial charge in [-0.25, -0.2) is 13.4 Å². The Balaban J connectivity index is 1.34. The molecule has 0 unspecified atom stereocenters. The molecule has 1 saturated carbocycles. The Morgan fingerprint density at radius 3 is 2.88 bits per heavy atom. The Labute approximate surface area is 196 Å². The van der Waals surface area contributed by atoms with Crippen LogP contribution < -0.4 is 5.32 Å². The second-order valence-corrected chi connectivity index (χ2v) is 10.8. The lowest BCUT2D eigenvalue weighted by Gasteiger charge is -2.28. The van der Waals surface area contributed by atoms with Gasteiger partial charge in [0.1, 0.15) is 23.5 Å². The molecule has 1 aliphatic carbocycles. The maximum atomic E-state index is 12.9. The van der Waals surface area contributed by atoms with Crippen molar-refractivity contribution in [3.8, 4) is 11.5 Å². The quantitative estimate of drug-likeness (QED) is 0.513. The van der Waals surface area contributed by atoms with Gasteiger partial charge in [0.05, 0.1) is 17.9 Å². The van der Waals surface area contributed by atoms with Gasteiger partial charge in [0.25, 0.3) is 5.91 Å². The van der Waals surface area contributed by atoms with E-state index in [4.69, 9.17) is 0 Å². The first kappa shape index (κ1) is 22.6. The molecule has 12 heteroatoms. The van der Waals surface area contributed by atoms with Crippen molar-refractivity contribution in [1.29, 1.82) is 0 Å². The fraction of sp³-hybridized carbons (Fsp3) is 0.409. The highest BCUT2D eigenvalue weighted by Crippen LogP contribution is 2.33. The maximum absolute atomic E-state index is 12.9. The lowest BCUT2D eigenvalue weighted by molar-refractivity contribution is 0.102. The molecule has 0 spiro atoms. The number of carbonyl (C=O) groups excluding carboxylic acids is 1. The molecule has 11 nitrogen and oxygen atoms in total. The second-order valence-electron chi connectivity index (χ2n) is 8.62. The highest BCUT2D eigenvalue weighted by atomic mass is 32.2. The van der Waals surface area contributed by atoms with Crippen molar-refractivity contribution in [2.75, 3.05) is 18.5 Å². The Bertz CT molecular complexity index is 1340. The predicted molar refractivity (Wildman–Crippen MR) is 123 cm³/mol. The number of aromatic nitrogens is 5. The first-order chi connectivity index (χ1) is 16.4. The minimum absolute atomic E-state index is 0.0785. The Hall–Kier alpha value is -3.22. The van der Waals surface area contributed by atoms with Gasteiger partial charge in [-0.1, -0.05) is 6.07 Å². The van der Waals surface area contributed by atoms with E-state index in [9.17, 15) is 18.3 Å². The molecule has 1 fully saturated rings. The molecule has 2 aliphatic rings. The van der Waals surface area contributed by atoms with Crippen molar-refractivity contribution in [1.82, 2.24) is 29.0 Å². The van der Waals surface area contributed by atoms with Crippen LogP contribution in [0.1, 0.15) is 47.4 Å². The Kier molecular flexibility index (Phi) is 5.88. The smallest absolute Gasteiger partial charge is 0.275 e. The molecule has 0 radical (unpaired) electrons. The summed E-state index contributed by atoms with van der Waals surface area (Å²) in [5, 5.41) is 19.9. The zero-order valence-corrected chi connectivity index (χ0v) is 19.4. The zero-order valence-electron chi connectivity index (χ0n) is 18.6. The van der Waals surface area contributed by atoms with Crippen molar-refractivity contribution in [2.45, 2.75) is 44.0 Å². The van der Waals surface area contributed by atoms with Gasteiger partial charge >= 0.3 is 0 Å². The molecular formula is C22H25N7O4S. The Morgan fingerprint density at radius 2 is 2.12 bits per heavy atom. The van der Waals surface area contributed by atoms with Gasteiger partial charge in [-0.15, -0.1) is 10.2 Å². The number of aliphatic hydroxyl groups excluding tert-OH is 1. The van der Waals surface area contributed by atoms with E-state index in [1.165, 1.54) is 10.6 Å². The molecule has 0 saturated heterocycles. The van der Waals surface area contributed by atoms with Crippen molar-refractivity contribution >= 4 is 21.7 Å². The summed E-state index contributed by atoms with van der Waals surface area (Å²) < 4.78 is 28.5. The lowest BCUT2D eigenvalue weighted by Crippen LogP contribution is -2.38. The summed E-state index contributed by atoms with van der Waals surface area (Å²) in [5.74, 6) is 0.340. The number of hydrogen-bond acceptors (Lipinski definition) is 8. The normalized spacial score (nSPS) is 17.2. The van der Waals surface area contributed by atoms with Crippen LogP contribution in [0.25, 0.3) is 11.5 Å². The average Bonchev–Trinajstić information content (AvgIpc) is 3.60. The van der Waals surface area contributed by atoms with Crippen LogP contribution in [0.2, 0.25) is 0 Å². The van der Waals surface area contributed by atoms with Gasteiger partial charge in [-0.2, -0.15) is 4.31 Å². The number of carbonyl (C=O) groups is 1. The molecule has 4 heterocycles. The summed E-state index contributed by atoms with van der Waals surface area (Å²) in [6.07, 6.45) is 5.18. The Morgan fingerprint density at radius 1 is 1.29 bits per heavy atom. The summed E-state index contributed by atoms with van der Waals surface area (Å²) in [7, 11) is -3.28. The topological polar surface area (TPSA) is 143 Å². The van der Waals surface area contributed by atoms with E-state index in [0.29, 0.717) is 30.3 Å². The number of aliphatic hydroxyl groups is 1. The number of pyridine rings is 2. The first-order valence-corrected chi connectivity index (χ1v) is 12.6. The summed E-state index contributed by atoms with van der Waals surface area (Å²) in [5.41, 5.74) is 2.43. The van der Waals surface area contributed by atoms with Crippen LogP contribution in [0.5, 0.6) is 0 Å². The number of hydrogen-bond donors (Lipinski definition) is 2. The summed E-state index contributed by atoms with van der Waals surface area (Å²) in [6.45, 7) is 2.45. The van der Waals surface area contributed by atoms with Crippen LogP contribution in [0, 0.1) is 0 Å². The number of nitrogens with zero attached hydrogens (tertiary/aromatic N) is 6. The average molecular weight is 484 g/mol. The van der Waals surface area contributed by atoms with E-state index in [1.807, 2.05) is 6.92 Å². The van der Waals surface area contributed by atoms with Crippen molar-refractivity contribution in [3.05, 3.63) is 53.6 Å². The molecular weight excluding hydrogens is 458 g/mol. The molecule has 0 aromatic carbocycles.